The molecule has 2 aromatic rings. The minimum absolute atomic E-state index is 0.671. The Balaban J connectivity index is 1.65. The number of nitrogens with zero attached hydrogens (tertiary/aromatic N) is 2. The van der Waals surface area contributed by atoms with Gasteiger partial charge in [-0.25, -0.2) is 4.98 Å². The van der Waals surface area contributed by atoms with Crippen molar-refractivity contribution in [2.24, 2.45) is 0 Å². The third kappa shape index (κ3) is 17.9. The summed E-state index contributed by atoms with van der Waals surface area (Å²) < 4.78 is 2.22. The number of benzene rings is 1. The van der Waals surface area contributed by atoms with E-state index in [1.165, 1.54) is 185 Å². The van der Waals surface area contributed by atoms with Crippen LogP contribution in [-0.4, -0.2) is 9.55 Å². The Labute approximate surface area is 256 Å². The van der Waals surface area contributed by atoms with Gasteiger partial charge >= 0.3 is 0 Å². The molecule has 234 valence electrons. The summed E-state index contributed by atoms with van der Waals surface area (Å²) in [4.78, 5) is 4.34. The lowest BCUT2D eigenvalue weighted by atomic mass is 9.87. The van der Waals surface area contributed by atoms with Crippen LogP contribution in [0, 0.1) is 0 Å². The number of aromatic nitrogens is 2. The van der Waals surface area contributed by atoms with E-state index in [4.69, 9.17) is 0 Å². The molecule has 0 N–H and O–H groups in total. The molecule has 0 saturated carbocycles. The second-order valence-corrected chi connectivity index (χ2v) is 12.9. The standard InChI is InChI=1S/C39H68N2/c1-3-5-7-9-11-13-15-16-17-19-21-23-25-27-31-37(30-26-24-22-20-18-14-12-10-8-6-4-2)38-32-28-29-33-39(38)41-35-34-40-36-41/h28-29,32-37H,3-27,30-31H2,1-2H3. The van der Waals surface area contributed by atoms with Crippen LogP contribution in [0.1, 0.15) is 199 Å². The molecule has 1 aromatic heterocycles. The Bertz CT molecular complexity index is 796. The van der Waals surface area contributed by atoms with Gasteiger partial charge in [0.15, 0.2) is 0 Å². The second kappa shape index (κ2) is 26.1. The van der Waals surface area contributed by atoms with Crippen LogP contribution in [0.3, 0.4) is 0 Å². The van der Waals surface area contributed by atoms with Gasteiger partial charge in [0.2, 0.25) is 0 Å². The Morgan fingerprint density at radius 3 is 1.29 bits per heavy atom. The van der Waals surface area contributed by atoms with Crippen LogP contribution < -0.4 is 0 Å². The van der Waals surface area contributed by atoms with Crippen molar-refractivity contribution in [3.8, 4) is 5.69 Å². The van der Waals surface area contributed by atoms with Crippen molar-refractivity contribution < 1.29 is 0 Å². The Morgan fingerprint density at radius 2 is 0.902 bits per heavy atom. The molecule has 0 aliphatic carbocycles. The first-order chi connectivity index (χ1) is 20.4. The Morgan fingerprint density at radius 1 is 0.512 bits per heavy atom. The normalized spacial score (nSPS) is 12.2. The van der Waals surface area contributed by atoms with Gasteiger partial charge in [0.25, 0.3) is 0 Å². The molecule has 0 spiro atoms. The largest absolute Gasteiger partial charge is 0.306 e. The molecule has 1 aromatic carbocycles. The maximum Gasteiger partial charge on any atom is 0.0991 e. The molecule has 0 aliphatic rings. The van der Waals surface area contributed by atoms with Crippen molar-refractivity contribution in [3.05, 3.63) is 48.5 Å². The van der Waals surface area contributed by atoms with Crippen molar-refractivity contribution in [1.82, 2.24) is 9.55 Å². The van der Waals surface area contributed by atoms with Gasteiger partial charge in [0, 0.05) is 18.1 Å². The van der Waals surface area contributed by atoms with E-state index in [2.05, 4.69) is 53.9 Å². The SMILES string of the molecule is CCCCCCCCCCCCCCCCC(CCCCCCCCCCCCC)c1ccccc1-n1ccnc1. The summed E-state index contributed by atoms with van der Waals surface area (Å²) >= 11 is 0. The van der Waals surface area contributed by atoms with E-state index >= 15 is 0 Å². The third-order valence-corrected chi connectivity index (χ3v) is 9.22. The highest BCUT2D eigenvalue weighted by Crippen LogP contribution is 2.33. The fraction of sp³-hybridized carbons (Fsp3) is 0.769. The summed E-state index contributed by atoms with van der Waals surface area (Å²) in [5.74, 6) is 0.671. The fourth-order valence-corrected chi connectivity index (χ4v) is 6.57. The van der Waals surface area contributed by atoms with Crippen molar-refractivity contribution in [3.63, 3.8) is 0 Å². The molecule has 0 amide bonds. The molecular formula is C39H68N2. The summed E-state index contributed by atoms with van der Waals surface area (Å²) in [7, 11) is 0. The van der Waals surface area contributed by atoms with Crippen LogP contribution in [0.5, 0.6) is 0 Å². The average molecular weight is 565 g/mol. The first-order valence-electron chi connectivity index (χ1n) is 18.4. The molecule has 41 heavy (non-hydrogen) atoms. The highest BCUT2D eigenvalue weighted by molar-refractivity contribution is 5.43. The lowest BCUT2D eigenvalue weighted by Gasteiger charge is -2.21. The van der Waals surface area contributed by atoms with E-state index in [0.29, 0.717) is 5.92 Å². The van der Waals surface area contributed by atoms with Gasteiger partial charge in [-0.1, -0.05) is 193 Å². The van der Waals surface area contributed by atoms with Crippen LogP contribution in [0.25, 0.3) is 5.69 Å². The lowest BCUT2D eigenvalue weighted by Crippen LogP contribution is -2.05. The van der Waals surface area contributed by atoms with Crippen LogP contribution >= 0.6 is 0 Å². The summed E-state index contributed by atoms with van der Waals surface area (Å²) in [5.41, 5.74) is 2.87. The topological polar surface area (TPSA) is 17.8 Å². The van der Waals surface area contributed by atoms with Crippen LogP contribution in [0.15, 0.2) is 43.0 Å². The minimum atomic E-state index is 0.671. The lowest BCUT2D eigenvalue weighted by molar-refractivity contribution is 0.479. The monoisotopic (exact) mass is 565 g/mol. The molecule has 0 radical (unpaired) electrons. The Hall–Kier alpha value is -1.57. The van der Waals surface area contributed by atoms with Gasteiger partial charge in [-0.15, -0.1) is 0 Å². The maximum absolute atomic E-state index is 4.34. The smallest absolute Gasteiger partial charge is 0.0991 e. The molecule has 2 rings (SSSR count). The van der Waals surface area contributed by atoms with Gasteiger partial charge in [0.05, 0.1) is 6.33 Å². The first kappa shape index (κ1) is 35.6. The van der Waals surface area contributed by atoms with Crippen LogP contribution in [0.2, 0.25) is 0 Å². The quantitative estimate of drug-likeness (QED) is 0.0898. The van der Waals surface area contributed by atoms with Crippen molar-refractivity contribution in [2.75, 3.05) is 0 Å². The molecule has 1 atom stereocenters. The highest BCUT2D eigenvalue weighted by atomic mass is 15.0. The maximum atomic E-state index is 4.34. The highest BCUT2D eigenvalue weighted by Gasteiger charge is 2.16. The van der Waals surface area contributed by atoms with Crippen molar-refractivity contribution in [2.45, 2.75) is 193 Å². The van der Waals surface area contributed by atoms with Gasteiger partial charge in [-0.3, -0.25) is 0 Å². The Kier molecular flexibility index (Phi) is 22.7. The summed E-state index contributed by atoms with van der Waals surface area (Å²) in [6, 6.07) is 9.11. The van der Waals surface area contributed by atoms with Gasteiger partial charge in [-0.05, 0) is 30.4 Å². The van der Waals surface area contributed by atoms with E-state index < -0.39 is 0 Å². The zero-order valence-corrected chi connectivity index (χ0v) is 27.6. The predicted molar refractivity (Wildman–Crippen MR) is 182 cm³/mol. The van der Waals surface area contributed by atoms with Gasteiger partial charge in [0.1, 0.15) is 0 Å². The molecule has 0 bridgehead atoms. The fourth-order valence-electron chi connectivity index (χ4n) is 6.57. The zero-order chi connectivity index (χ0) is 29.1. The summed E-state index contributed by atoms with van der Waals surface area (Å²) in [6.07, 6.45) is 44.4. The van der Waals surface area contributed by atoms with E-state index in [9.17, 15) is 0 Å². The van der Waals surface area contributed by atoms with Gasteiger partial charge < -0.3 is 4.57 Å². The number of imidazole rings is 1. The third-order valence-electron chi connectivity index (χ3n) is 9.22. The molecule has 0 saturated heterocycles. The van der Waals surface area contributed by atoms with E-state index in [1.54, 1.807) is 0 Å². The molecule has 2 nitrogen and oxygen atoms in total. The summed E-state index contributed by atoms with van der Waals surface area (Å²) in [6.45, 7) is 4.61. The summed E-state index contributed by atoms with van der Waals surface area (Å²) in [5, 5.41) is 0. The van der Waals surface area contributed by atoms with E-state index in [0.717, 1.165) is 0 Å². The number of unbranched alkanes of at least 4 members (excludes halogenated alkanes) is 23. The molecule has 0 fully saturated rings. The van der Waals surface area contributed by atoms with Crippen LogP contribution in [-0.2, 0) is 0 Å². The molecule has 2 heteroatoms. The number of rotatable bonds is 29. The average Bonchev–Trinajstić information content (AvgIpc) is 3.54. The second-order valence-electron chi connectivity index (χ2n) is 12.9. The predicted octanol–water partition coefficient (Wildman–Crippen LogP) is 13.5. The van der Waals surface area contributed by atoms with E-state index in [-0.39, 0.29) is 0 Å². The first-order valence-corrected chi connectivity index (χ1v) is 18.4. The number of para-hydroxylation sites is 1. The van der Waals surface area contributed by atoms with Gasteiger partial charge in [-0.2, -0.15) is 0 Å². The van der Waals surface area contributed by atoms with Crippen LogP contribution in [0.4, 0.5) is 0 Å². The number of hydrogen-bond donors (Lipinski definition) is 0. The van der Waals surface area contributed by atoms with Crippen molar-refractivity contribution in [1.29, 1.82) is 0 Å². The van der Waals surface area contributed by atoms with E-state index in [1.807, 2.05) is 12.5 Å². The van der Waals surface area contributed by atoms with Crippen molar-refractivity contribution >= 4 is 0 Å². The minimum Gasteiger partial charge on any atom is -0.306 e. The molecule has 0 aliphatic heterocycles. The molecule has 1 heterocycles. The molecular weight excluding hydrogens is 496 g/mol. The number of hydrogen-bond acceptors (Lipinski definition) is 1. The zero-order valence-electron chi connectivity index (χ0n) is 27.6. The molecule has 1 unspecified atom stereocenters.